The lowest BCUT2D eigenvalue weighted by atomic mass is 10.1. The highest BCUT2D eigenvalue weighted by atomic mass is 35.5. The number of imidazole rings is 1. The lowest BCUT2D eigenvalue weighted by Gasteiger charge is -2.16. The van der Waals surface area contributed by atoms with Crippen LogP contribution in [0.5, 0.6) is 11.5 Å². The van der Waals surface area contributed by atoms with Crippen molar-refractivity contribution in [3.05, 3.63) is 52.8 Å². The van der Waals surface area contributed by atoms with E-state index in [4.69, 9.17) is 26.1 Å². The largest absolute Gasteiger partial charge is 0.493 e. The van der Waals surface area contributed by atoms with Gasteiger partial charge in [0.05, 0.1) is 25.3 Å². The van der Waals surface area contributed by atoms with Gasteiger partial charge in [-0.25, -0.2) is 4.98 Å². The molecule has 25 heavy (non-hydrogen) atoms. The highest BCUT2D eigenvalue weighted by Gasteiger charge is 2.16. The zero-order valence-corrected chi connectivity index (χ0v) is 15.8. The molecule has 3 aromatic rings. The summed E-state index contributed by atoms with van der Waals surface area (Å²) in [6.07, 6.45) is 1.75. The average Bonchev–Trinajstić information content (AvgIpc) is 2.97. The molecule has 132 valence electrons. The molecule has 0 spiro atoms. The topological polar surface area (TPSA) is 36.3 Å². The van der Waals surface area contributed by atoms with Crippen LogP contribution in [0, 0.1) is 0 Å². The summed E-state index contributed by atoms with van der Waals surface area (Å²) >= 11 is 6.15. The first-order valence-corrected chi connectivity index (χ1v) is 8.82. The van der Waals surface area contributed by atoms with Crippen LogP contribution >= 0.6 is 11.6 Å². The standard InChI is InChI=1S/C20H23ClN2O2/c1-5-13(2)23-17-8-7-15(21)12-16(17)22-20(23)11-14-6-9-18(24-3)19(10-14)25-4/h6-10,12-13H,5,11H2,1-4H3. The highest BCUT2D eigenvalue weighted by molar-refractivity contribution is 6.31. The van der Waals surface area contributed by atoms with Gasteiger partial charge in [-0.3, -0.25) is 0 Å². The SMILES string of the molecule is CCC(C)n1c(Cc2ccc(OC)c(OC)c2)nc2cc(Cl)ccc21. The summed E-state index contributed by atoms with van der Waals surface area (Å²) in [5.41, 5.74) is 3.18. The predicted octanol–water partition coefficient (Wildman–Crippen LogP) is 5.27. The molecule has 0 fully saturated rings. The van der Waals surface area contributed by atoms with Crippen LogP contribution in [0.15, 0.2) is 36.4 Å². The van der Waals surface area contributed by atoms with Crippen molar-refractivity contribution in [3.63, 3.8) is 0 Å². The van der Waals surface area contributed by atoms with E-state index in [9.17, 15) is 0 Å². The van der Waals surface area contributed by atoms with Crippen LogP contribution in [-0.2, 0) is 6.42 Å². The molecule has 0 amide bonds. The van der Waals surface area contributed by atoms with Crippen LogP contribution in [0.4, 0.5) is 0 Å². The van der Waals surface area contributed by atoms with E-state index in [0.29, 0.717) is 11.1 Å². The third-order valence-corrected chi connectivity index (χ3v) is 4.80. The Bertz CT molecular complexity index is 889. The number of benzene rings is 2. The van der Waals surface area contributed by atoms with E-state index in [2.05, 4.69) is 30.5 Å². The van der Waals surface area contributed by atoms with Crippen molar-refractivity contribution in [2.45, 2.75) is 32.7 Å². The van der Waals surface area contributed by atoms with Gasteiger partial charge in [0.25, 0.3) is 0 Å². The molecular weight excluding hydrogens is 336 g/mol. The van der Waals surface area contributed by atoms with Gasteiger partial charge in [-0.2, -0.15) is 0 Å². The van der Waals surface area contributed by atoms with Crippen molar-refractivity contribution in [1.29, 1.82) is 0 Å². The van der Waals surface area contributed by atoms with Gasteiger partial charge in [-0.05, 0) is 49.2 Å². The fourth-order valence-electron chi connectivity index (χ4n) is 3.09. The lowest BCUT2D eigenvalue weighted by Crippen LogP contribution is -2.09. The maximum absolute atomic E-state index is 6.15. The molecule has 4 nitrogen and oxygen atoms in total. The van der Waals surface area contributed by atoms with E-state index < -0.39 is 0 Å². The molecule has 1 atom stereocenters. The van der Waals surface area contributed by atoms with Crippen LogP contribution in [0.3, 0.4) is 0 Å². The molecule has 0 radical (unpaired) electrons. The summed E-state index contributed by atoms with van der Waals surface area (Å²) < 4.78 is 13.0. The van der Waals surface area contributed by atoms with Crippen LogP contribution in [0.2, 0.25) is 5.02 Å². The summed E-state index contributed by atoms with van der Waals surface area (Å²) in [7, 11) is 3.29. The Morgan fingerprint density at radius 3 is 2.52 bits per heavy atom. The maximum atomic E-state index is 6.15. The number of rotatable bonds is 6. The van der Waals surface area contributed by atoms with Crippen LogP contribution in [0.1, 0.15) is 37.7 Å². The minimum atomic E-state index is 0.362. The fourth-order valence-corrected chi connectivity index (χ4v) is 3.26. The Balaban J connectivity index is 2.06. The molecule has 2 aromatic carbocycles. The number of hydrogen-bond acceptors (Lipinski definition) is 3. The number of halogens is 1. The molecule has 0 aliphatic carbocycles. The third-order valence-electron chi connectivity index (χ3n) is 4.57. The number of ether oxygens (including phenoxy) is 2. The summed E-state index contributed by atoms with van der Waals surface area (Å²) in [5, 5.41) is 0.707. The molecule has 5 heteroatoms. The molecule has 0 aliphatic rings. The van der Waals surface area contributed by atoms with Crippen LogP contribution in [0.25, 0.3) is 11.0 Å². The summed E-state index contributed by atoms with van der Waals surface area (Å²) in [6.45, 7) is 4.40. The van der Waals surface area contributed by atoms with E-state index in [1.165, 1.54) is 0 Å². The predicted molar refractivity (Wildman–Crippen MR) is 102 cm³/mol. The van der Waals surface area contributed by atoms with Gasteiger partial charge in [0.1, 0.15) is 5.82 Å². The second kappa shape index (κ2) is 7.36. The Morgan fingerprint density at radius 2 is 1.84 bits per heavy atom. The van der Waals surface area contributed by atoms with Crippen molar-refractivity contribution < 1.29 is 9.47 Å². The Morgan fingerprint density at radius 1 is 1.08 bits per heavy atom. The average molecular weight is 359 g/mol. The van der Waals surface area contributed by atoms with Crippen molar-refractivity contribution in [2.75, 3.05) is 14.2 Å². The smallest absolute Gasteiger partial charge is 0.161 e. The van der Waals surface area contributed by atoms with Gasteiger partial charge in [0.2, 0.25) is 0 Å². The quantitative estimate of drug-likeness (QED) is 0.602. The molecule has 1 unspecified atom stereocenters. The Kier molecular flexibility index (Phi) is 5.19. The minimum Gasteiger partial charge on any atom is -0.493 e. The lowest BCUT2D eigenvalue weighted by molar-refractivity contribution is 0.354. The maximum Gasteiger partial charge on any atom is 0.161 e. The first-order chi connectivity index (χ1) is 12.1. The van der Waals surface area contributed by atoms with E-state index in [-0.39, 0.29) is 0 Å². The van der Waals surface area contributed by atoms with E-state index in [0.717, 1.165) is 46.8 Å². The van der Waals surface area contributed by atoms with Gasteiger partial charge in [0.15, 0.2) is 11.5 Å². The van der Waals surface area contributed by atoms with Crippen molar-refractivity contribution in [1.82, 2.24) is 9.55 Å². The van der Waals surface area contributed by atoms with Crippen molar-refractivity contribution >= 4 is 22.6 Å². The third kappa shape index (κ3) is 3.45. The van der Waals surface area contributed by atoms with Gasteiger partial charge >= 0.3 is 0 Å². The number of nitrogens with zero attached hydrogens (tertiary/aromatic N) is 2. The van der Waals surface area contributed by atoms with Gasteiger partial charge < -0.3 is 14.0 Å². The summed E-state index contributed by atoms with van der Waals surface area (Å²) in [6, 6.07) is 12.2. The van der Waals surface area contributed by atoms with E-state index >= 15 is 0 Å². The van der Waals surface area contributed by atoms with Gasteiger partial charge in [-0.15, -0.1) is 0 Å². The first-order valence-electron chi connectivity index (χ1n) is 8.44. The van der Waals surface area contributed by atoms with Gasteiger partial charge in [0, 0.05) is 17.5 Å². The molecule has 1 aromatic heterocycles. The first kappa shape index (κ1) is 17.6. The van der Waals surface area contributed by atoms with Crippen molar-refractivity contribution in [3.8, 4) is 11.5 Å². The zero-order chi connectivity index (χ0) is 18.0. The molecule has 1 heterocycles. The molecule has 0 bridgehead atoms. The van der Waals surface area contributed by atoms with Gasteiger partial charge in [-0.1, -0.05) is 24.6 Å². The number of hydrogen-bond donors (Lipinski definition) is 0. The monoisotopic (exact) mass is 358 g/mol. The number of methoxy groups -OCH3 is 2. The number of fused-ring (bicyclic) bond motifs is 1. The fraction of sp³-hybridized carbons (Fsp3) is 0.350. The van der Waals surface area contributed by atoms with Crippen molar-refractivity contribution in [2.24, 2.45) is 0 Å². The molecular formula is C20H23ClN2O2. The molecule has 0 aliphatic heterocycles. The second-order valence-electron chi connectivity index (χ2n) is 6.15. The molecule has 0 saturated carbocycles. The minimum absolute atomic E-state index is 0.362. The second-order valence-corrected chi connectivity index (χ2v) is 6.59. The molecule has 3 rings (SSSR count). The van der Waals surface area contributed by atoms with E-state index in [1.807, 2.05) is 24.3 Å². The Labute approximate surface area is 153 Å². The molecule has 0 saturated heterocycles. The Hall–Kier alpha value is -2.20. The molecule has 0 N–H and O–H groups in total. The van der Waals surface area contributed by atoms with Crippen LogP contribution < -0.4 is 9.47 Å². The zero-order valence-electron chi connectivity index (χ0n) is 15.0. The van der Waals surface area contributed by atoms with Crippen LogP contribution in [-0.4, -0.2) is 23.8 Å². The summed E-state index contributed by atoms with van der Waals surface area (Å²) in [5.74, 6) is 2.49. The number of aromatic nitrogens is 2. The highest BCUT2D eigenvalue weighted by Crippen LogP contribution is 2.30. The normalized spacial score (nSPS) is 12.4. The summed E-state index contributed by atoms with van der Waals surface area (Å²) in [4.78, 5) is 4.84. The van der Waals surface area contributed by atoms with E-state index in [1.54, 1.807) is 14.2 Å².